The van der Waals surface area contributed by atoms with Gasteiger partial charge < -0.3 is 20.1 Å². The fourth-order valence-electron chi connectivity index (χ4n) is 3.26. The van der Waals surface area contributed by atoms with Crippen LogP contribution in [0.3, 0.4) is 0 Å². The number of anilines is 1. The van der Waals surface area contributed by atoms with E-state index >= 15 is 0 Å². The average molecular weight is 464 g/mol. The lowest BCUT2D eigenvalue weighted by atomic mass is 10.1. The number of hydrogen-bond donors (Lipinski definition) is 2. The van der Waals surface area contributed by atoms with Crippen LogP contribution in [0.2, 0.25) is 0 Å². The van der Waals surface area contributed by atoms with Gasteiger partial charge in [0.1, 0.15) is 11.8 Å². The van der Waals surface area contributed by atoms with Gasteiger partial charge in [-0.15, -0.1) is 11.3 Å². The Labute approximate surface area is 193 Å². The van der Waals surface area contributed by atoms with E-state index in [9.17, 15) is 19.2 Å². The van der Waals surface area contributed by atoms with E-state index < -0.39 is 24.4 Å². The quantitative estimate of drug-likeness (QED) is 0.392. The van der Waals surface area contributed by atoms with Crippen molar-refractivity contribution in [2.24, 2.45) is 0 Å². The summed E-state index contributed by atoms with van der Waals surface area (Å²) >= 11 is 1.26. The minimum atomic E-state index is -0.967. The molecular weight excluding hydrogens is 444 g/mol. The number of Topliss-reactive ketones (excluding diaryl/α,β-unsaturated/α-hetero) is 1. The van der Waals surface area contributed by atoms with Crippen LogP contribution in [0, 0.1) is 0 Å². The van der Waals surface area contributed by atoms with E-state index in [1.807, 2.05) is 30.3 Å². The highest BCUT2D eigenvalue weighted by Crippen LogP contribution is 2.28. The summed E-state index contributed by atoms with van der Waals surface area (Å²) in [5.41, 5.74) is 1.48. The Hall–Kier alpha value is -3.98. The number of ether oxygens (including phenoxy) is 2. The number of benzene rings is 2. The molecule has 9 heteroatoms. The summed E-state index contributed by atoms with van der Waals surface area (Å²) in [6, 6.07) is 16.2. The van der Waals surface area contributed by atoms with E-state index in [0.29, 0.717) is 16.3 Å². The molecule has 0 saturated carbocycles. The summed E-state index contributed by atoms with van der Waals surface area (Å²) in [6.45, 7) is -0.593. The molecule has 0 spiro atoms. The molecular formula is C24H20N2O6S. The molecule has 0 unspecified atom stereocenters. The Morgan fingerprint density at radius 2 is 1.91 bits per heavy atom. The second-order valence-corrected chi connectivity index (χ2v) is 8.22. The fraction of sp³-hybridized carbons (Fsp3) is 0.167. The van der Waals surface area contributed by atoms with Gasteiger partial charge in [0.25, 0.3) is 11.8 Å². The lowest BCUT2D eigenvalue weighted by molar-refractivity contribution is -0.144. The Balaban J connectivity index is 1.42. The van der Waals surface area contributed by atoms with E-state index in [-0.39, 0.29) is 30.4 Å². The molecule has 2 N–H and O–H groups in total. The second-order valence-electron chi connectivity index (χ2n) is 7.27. The van der Waals surface area contributed by atoms with E-state index in [1.165, 1.54) is 23.5 Å². The third-order valence-corrected chi connectivity index (χ3v) is 5.77. The summed E-state index contributed by atoms with van der Waals surface area (Å²) < 4.78 is 10.5. The molecule has 168 valence electrons. The van der Waals surface area contributed by atoms with Crippen molar-refractivity contribution in [3.63, 3.8) is 0 Å². The molecule has 4 rings (SSSR count). The number of hydrogen-bond acceptors (Lipinski definition) is 7. The van der Waals surface area contributed by atoms with Crippen LogP contribution in [0.25, 0.3) is 0 Å². The molecule has 1 aliphatic rings. The van der Waals surface area contributed by atoms with Gasteiger partial charge in [0.15, 0.2) is 19.0 Å². The zero-order valence-electron chi connectivity index (χ0n) is 17.4. The predicted octanol–water partition coefficient (Wildman–Crippen LogP) is 2.85. The van der Waals surface area contributed by atoms with Crippen LogP contribution in [0.4, 0.5) is 5.69 Å². The first-order chi connectivity index (χ1) is 16.0. The average Bonchev–Trinajstić information content (AvgIpc) is 3.37. The van der Waals surface area contributed by atoms with Gasteiger partial charge in [0.05, 0.1) is 10.6 Å². The molecule has 2 aromatic carbocycles. The van der Waals surface area contributed by atoms with Crippen LogP contribution in [0.5, 0.6) is 5.75 Å². The van der Waals surface area contributed by atoms with Crippen LogP contribution in [0.1, 0.15) is 25.6 Å². The smallest absolute Gasteiger partial charge is 0.329 e. The number of fused-ring (bicyclic) bond motifs is 1. The number of nitrogens with one attached hydrogen (secondary N) is 2. The first kappa shape index (κ1) is 22.2. The molecule has 3 aromatic rings. The number of carbonyl (C=O) groups excluding carboxylic acids is 4. The molecule has 2 amide bonds. The van der Waals surface area contributed by atoms with Crippen molar-refractivity contribution in [3.8, 4) is 5.75 Å². The molecule has 0 aliphatic carbocycles. The highest BCUT2D eigenvalue weighted by atomic mass is 32.1. The summed E-state index contributed by atoms with van der Waals surface area (Å²) in [6.07, 6.45) is 0.215. The number of amides is 2. The van der Waals surface area contributed by atoms with Crippen molar-refractivity contribution in [1.82, 2.24) is 5.32 Å². The van der Waals surface area contributed by atoms with Gasteiger partial charge in [-0.2, -0.15) is 0 Å². The monoisotopic (exact) mass is 464 g/mol. The number of rotatable bonds is 8. The lowest BCUT2D eigenvalue weighted by Gasteiger charge is -2.19. The SMILES string of the molecule is O=C1COc2ccc(C(=O)COC(=O)[C@H](Cc3ccccc3)NC(=O)c3cccs3)cc2N1. The second kappa shape index (κ2) is 10.1. The molecule has 8 nitrogen and oxygen atoms in total. The van der Waals surface area contributed by atoms with E-state index in [4.69, 9.17) is 9.47 Å². The Morgan fingerprint density at radius 1 is 1.09 bits per heavy atom. The molecule has 1 atom stereocenters. The Bertz CT molecular complexity index is 1180. The summed E-state index contributed by atoms with van der Waals surface area (Å²) in [4.78, 5) is 49.9. The van der Waals surface area contributed by atoms with Crippen molar-refractivity contribution in [3.05, 3.63) is 82.0 Å². The summed E-state index contributed by atoms with van der Waals surface area (Å²) in [7, 11) is 0. The van der Waals surface area contributed by atoms with E-state index in [2.05, 4.69) is 10.6 Å². The molecule has 1 aromatic heterocycles. The van der Waals surface area contributed by atoms with Crippen molar-refractivity contribution < 1.29 is 28.7 Å². The zero-order chi connectivity index (χ0) is 23.2. The van der Waals surface area contributed by atoms with E-state index in [1.54, 1.807) is 23.6 Å². The molecule has 0 radical (unpaired) electrons. The van der Waals surface area contributed by atoms with Crippen molar-refractivity contribution >= 4 is 40.6 Å². The number of thiophene rings is 1. The van der Waals surface area contributed by atoms with Gasteiger partial charge in [-0.1, -0.05) is 36.4 Å². The molecule has 0 saturated heterocycles. The maximum absolute atomic E-state index is 12.8. The maximum atomic E-state index is 12.8. The summed E-state index contributed by atoms with van der Waals surface area (Å²) in [5, 5.41) is 7.10. The standard InChI is InChI=1S/C24H20N2O6S/c27-19(16-8-9-20-17(12-16)25-22(28)14-31-20)13-32-24(30)18(11-15-5-2-1-3-6-15)26-23(29)21-7-4-10-33-21/h1-10,12,18H,11,13-14H2,(H,25,28)(H,26,29)/t18-/m0/s1. The fourth-order valence-corrected chi connectivity index (χ4v) is 3.88. The van der Waals surface area contributed by atoms with Crippen LogP contribution in [-0.2, 0) is 20.7 Å². The number of carbonyl (C=O) groups is 4. The van der Waals surface area contributed by atoms with E-state index in [0.717, 1.165) is 5.56 Å². The normalized spacial score (nSPS) is 13.2. The van der Waals surface area contributed by atoms with Crippen LogP contribution < -0.4 is 15.4 Å². The molecule has 0 bridgehead atoms. The molecule has 33 heavy (non-hydrogen) atoms. The van der Waals surface area contributed by atoms with Gasteiger partial charge in [-0.05, 0) is 35.2 Å². The number of ketones is 1. The van der Waals surface area contributed by atoms with Crippen molar-refractivity contribution in [2.75, 3.05) is 18.5 Å². The van der Waals surface area contributed by atoms with Gasteiger partial charge >= 0.3 is 5.97 Å². The number of esters is 1. The largest absolute Gasteiger partial charge is 0.482 e. The first-order valence-corrected chi connectivity index (χ1v) is 11.0. The summed E-state index contributed by atoms with van der Waals surface area (Å²) in [5.74, 6) is -1.41. The maximum Gasteiger partial charge on any atom is 0.329 e. The third kappa shape index (κ3) is 5.64. The molecule has 0 fully saturated rings. The van der Waals surface area contributed by atoms with Gasteiger partial charge in [-0.3, -0.25) is 14.4 Å². The minimum Gasteiger partial charge on any atom is -0.482 e. The topological polar surface area (TPSA) is 111 Å². The van der Waals surface area contributed by atoms with Crippen LogP contribution in [-0.4, -0.2) is 42.8 Å². The van der Waals surface area contributed by atoms with Crippen molar-refractivity contribution in [1.29, 1.82) is 0 Å². The van der Waals surface area contributed by atoms with Gasteiger partial charge in [-0.25, -0.2) is 4.79 Å². The third-order valence-electron chi connectivity index (χ3n) is 4.90. The van der Waals surface area contributed by atoms with Gasteiger partial charge in [0.2, 0.25) is 0 Å². The first-order valence-electron chi connectivity index (χ1n) is 10.1. The lowest BCUT2D eigenvalue weighted by Crippen LogP contribution is -2.43. The zero-order valence-corrected chi connectivity index (χ0v) is 18.2. The Kier molecular flexibility index (Phi) is 6.80. The predicted molar refractivity (Wildman–Crippen MR) is 122 cm³/mol. The Morgan fingerprint density at radius 3 is 2.67 bits per heavy atom. The van der Waals surface area contributed by atoms with Crippen LogP contribution >= 0.6 is 11.3 Å². The molecule has 1 aliphatic heterocycles. The minimum absolute atomic E-state index is 0.0854. The van der Waals surface area contributed by atoms with Crippen LogP contribution in [0.15, 0.2) is 66.0 Å². The van der Waals surface area contributed by atoms with Gasteiger partial charge in [0, 0.05) is 12.0 Å². The van der Waals surface area contributed by atoms with Crippen molar-refractivity contribution in [2.45, 2.75) is 12.5 Å². The highest BCUT2D eigenvalue weighted by molar-refractivity contribution is 7.12. The molecule has 2 heterocycles. The highest BCUT2D eigenvalue weighted by Gasteiger charge is 2.25.